The van der Waals surface area contributed by atoms with Crippen LogP contribution in [0.5, 0.6) is 5.75 Å². The highest BCUT2D eigenvalue weighted by Crippen LogP contribution is 2.40. The van der Waals surface area contributed by atoms with Gasteiger partial charge in [0.15, 0.2) is 0 Å². The number of carbonyl (C=O) groups is 1. The van der Waals surface area contributed by atoms with Gasteiger partial charge in [-0.3, -0.25) is 4.79 Å². The van der Waals surface area contributed by atoms with Crippen LogP contribution in [0.1, 0.15) is 21.5 Å². The molecular weight excluding hydrogens is 398 g/mol. The predicted molar refractivity (Wildman–Crippen MR) is 125 cm³/mol. The molecule has 5 rings (SSSR count). The van der Waals surface area contributed by atoms with Gasteiger partial charge in [0.25, 0.3) is 0 Å². The zero-order chi connectivity index (χ0) is 22.2. The molecule has 0 saturated carbocycles. The smallest absolute Gasteiger partial charge is 0.249 e. The second-order valence-electron chi connectivity index (χ2n) is 7.67. The Labute approximate surface area is 184 Å². The molecule has 0 unspecified atom stereocenters. The number of phenolic OH excluding ortho intramolecular Hbond substituents is 1. The zero-order valence-corrected chi connectivity index (χ0v) is 17.1. The molecule has 0 saturated heterocycles. The molecule has 5 heteroatoms. The van der Waals surface area contributed by atoms with Crippen LogP contribution in [0.2, 0.25) is 0 Å². The fourth-order valence-corrected chi connectivity index (χ4v) is 4.35. The molecule has 1 aromatic heterocycles. The second kappa shape index (κ2) is 7.60. The van der Waals surface area contributed by atoms with E-state index in [1.807, 2.05) is 65.2 Å². The summed E-state index contributed by atoms with van der Waals surface area (Å²) in [6, 6.07) is 28.5. The minimum absolute atomic E-state index is 0.0763. The Morgan fingerprint density at radius 2 is 1.62 bits per heavy atom. The molecule has 0 fully saturated rings. The minimum Gasteiger partial charge on any atom is -0.507 e. The number of phenols is 1. The van der Waals surface area contributed by atoms with Crippen molar-refractivity contribution in [1.29, 1.82) is 5.26 Å². The van der Waals surface area contributed by atoms with Crippen LogP contribution in [0.25, 0.3) is 32.9 Å². The number of nitrogens with zero attached hydrogens (tertiary/aromatic N) is 2. The van der Waals surface area contributed by atoms with Gasteiger partial charge in [0.2, 0.25) is 5.91 Å². The first-order chi connectivity index (χ1) is 15.6. The number of hydrogen-bond acceptors (Lipinski definition) is 3. The Morgan fingerprint density at radius 1 is 0.875 bits per heavy atom. The van der Waals surface area contributed by atoms with E-state index in [0.29, 0.717) is 28.4 Å². The summed E-state index contributed by atoms with van der Waals surface area (Å²) in [6.45, 7) is 0.406. The summed E-state index contributed by atoms with van der Waals surface area (Å²) in [7, 11) is 0. The molecule has 0 radical (unpaired) electrons. The first-order valence-corrected chi connectivity index (χ1v) is 10.2. The summed E-state index contributed by atoms with van der Waals surface area (Å²) in [5.41, 5.74) is 10.8. The molecule has 0 aliphatic carbocycles. The van der Waals surface area contributed by atoms with Crippen molar-refractivity contribution in [3.63, 3.8) is 0 Å². The fourth-order valence-electron chi connectivity index (χ4n) is 4.35. The molecule has 5 aromatic rings. The normalized spacial score (nSPS) is 11.0. The summed E-state index contributed by atoms with van der Waals surface area (Å²) in [5.74, 6) is -0.481. The maximum Gasteiger partial charge on any atom is 0.249 e. The number of aromatic nitrogens is 1. The van der Waals surface area contributed by atoms with Crippen LogP contribution >= 0.6 is 0 Å². The SMILES string of the molecule is N#Cc1ccccc1Cn1c2cc(-c3ccccc3)cc(O)c2c2c(C(N)=O)cccc21. The number of carbonyl (C=O) groups excluding carboxylic acids is 1. The Morgan fingerprint density at radius 3 is 2.38 bits per heavy atom. The second-order valence-corrected chi connectivity index (χ2v) is 7.67. The quantitative estimate of drug-likeness (QED) is 0.422. The van der Waals surface area contributed by atoms with E-state index in [4.69, 9.17) is 5.73 Å². The van der Waals surface area contributed by atoms with Crippen LogP contribution in [0, 0.1) is 11.3 Å². The van der Waals surface area contributed by atoms with Gasteiger partial charge in [-0.1, -0.05) is 54.6 Å². The van der Waals surface area contributed by atoms with E-state index in [9.17, 15) is 15.2 Å². The van der Waals surface area contributed by atoms with Gasteiger partial charge in [0.05, 0.1) is 28.1 Å². The lowest BCUT2D eigenvalue weighted by Gasteiger charge is -2.11. The highest BCUT2D eigenvalue weighted by Gasteiger charge is 2.20. The third kappa shape index (κ3) is 3.06. The summed E-state index contributed by atoms with van der Waals surface area (Å²) in [4.78, 5) is 12.2. The highest BCUT2D eigenvalue weighted by atomic mass is 16.3. The van der Waals surface area contributed by atoms with Crippen LogP contribution in [0.15, 0.2) is 84.9 Å². The number of benzene rings is 4. The lowest BCUT2D eigenvalue weighted by atomic mass is 10.0. The first-order valence-electron chi connectivity index (χ1n) is 10.2. The molecule has 4 aromatic carbocycles. The Balaban J connectivity index is 1.88. The Hall–Kier alpha value is -4.56. The van der Waals surface area contributed by atoms with Gasteiger partial charge in [-0.15, -0.1) is 0 Å². The largest absolute Gasteiger partial charge is 0.507 e. The summed E-state index contributed by atoms with van der Waals surface area (Å²) in [6.07, 6.45) is 0. The average Bonchev–Trinajstić information content (AvgIpc) is 3.14. The van der Waals surface area contributed by atoms with Gasteiger partial charge in [-0.05, 0) is 47.0 Å². The van der Waals surface area contributed by atoms with E-state index >= 15 is 0 Å². The maximum absolute atomic E-state index is 12.2. The Kier molecular flexibility index (Phi) is 4.61. The lowest BCUT2D eigenvalue weighted by Crippen LogP contribution is -2.11. The van der Waals surface area contributed by atoms with E-state index in [-0.39, 0.29) is 5.75 Å². The monoisotopic (exact) mass is 417 g/mol. The fraction of sp³-hybridized carbons (Fsp3) is 0.0370. The topological polar surface area (TPSA) is 92.0 Å². The molecule has 3 N–H and O–H groups in total. The van der Waals surface area contributed by atoms with Gasteiger partial charge in [-0.2, -0.15) is 5.26 Å². The first kappa shape index (κ1) is 19.4. The van der Waals surface area contributed by atoms with Gasteiger partial charge in [-0.25, -0.2) is 0 Å². The third-order valence-corrected chi connectivity index (χ3v) is 5.81. The van der Waals surface area contributed by atoms with Crippen molar-refractivity contribution in [1.82, 2.24) is 4.57 Å². The number of primary amides is 1. The number of nitriles is 1. The summed E-state index contributed by atoms with van der Waals surface area (Å²) < 4.78 is 2.03. The van der Waals surface area contributed by atoms with Crippen molar-refractivity contribution in [2.45, 2.75) is 6.54 Å². The third-order valence-electron chi connectivity index (χ3n) is 5.81. The predicted octanol–water partition coefficient (Wildman–Crippen LogP) is 5.19. The van der Waals surface area contributed by atoms with Crippen molar-refractivity contribution in [2.75, 3.05) is 0 Å². The molecule has 0 aliphatic heterocycles. The van der Waals surface area contributed by atoms with Crippen LogP contribution < -0.4 is 5.73 Å². The molecule has 0 spiro atoms. The van der Waals surface area contributed by atoms with Crippen LogP contribution in [-0.4, -0.2) is 15.6 Å². The van der Waals surface area contributed by atoms with E-state index in [0.717, 1.165) is 27.7 Å². The van der Waals surface area contributed by atoms with Crippen molar-refractivity contribution in [3.05, 3.63) is 102 Å². The van der Waals surface area contributed by atoms with Gasteiger partial charge in [0, 0.05) is 17.5 Å². The van der Waals surface area contributed by atoms with Crippen molar-refractivity contribution in [3.8, 4) is 22.9 Å². The average molecular weight is 417 g/mol. The molecule has 32 heavy (non-hydrogen) atoms. The standard InChI is InChI=1S/C27H19N3O2/c28-15-18-9-4-5-10-19(18)16-30-22-12-6-11-21(27(29)32)25(22)26-23(30)13-20(14-24(26)31)17-7-2-1-3-8-17/h1-14,31H,16H2,(H2,29,32). The number of rotatable bonds is 4. The molecular formula is C27H19N3O2. The van der Waals surface area contributed by atoms with E-state index in [2.05, 4.69) is 6.07 Å². The summed E-state index contributed by atoms with van der Waals surface area (Å²) >= 11 is 0. The molecule has 0 aliphatic rings. The number of amides is 1. The van der Waals surface area contributed by atoms with Crippen molar-refractivity contribution >= 4 is 27.7 Å². The summed E-state index contributed by atoms with van der Waals surface area (Å²) in [5, 5.41) is 21.8. The number of fused-ring (bicyclic) bond motifs is 3. The Bertz CT molecular complexity index is 1540. The van der Waals surface area contributed by atoms with Crippen LogP contribution in [0.3, 0.4) is 0 Å². The molecule has 154 valence electrons. The van der Waals surface area contributed by atoms with Crippen LogP contribution in [0.4, 0.5) is 0 Å². The molecule has 0 atom stereocenters. The van der Waals surface area contributed by atoms with Gasteiger partial charge in [0.1, 0.15) is 5.75 Å². The number of aromatic hydroxyl groups is 1. The number of hydrogen-bond donors (Lipinski definition) is 2. The van der Waals surface area contributed by atoms with E-state index < -0.39 is 5.91 Å². The van der Waals surface area contributed by atoms with Gasteiger partial charge < -0.3 is 15.4 Å². The van der Waals surface area contributed by atoms with E-state index in [1.165, 1.54) is 0 Å². The van der Waals surface area contributed by atoms with Crippen LogP contribution in [-0.2, 0) is 6.54 Å². The maximum atomic E-state index is 12.2. The highest BCUT2D eigenvalue weighted by molar-refractivity contribution is 6.20. The van der Waals surface area contributed by atoms with Gasteiger partial charge >= 0.3 is 0 Å². The van der Waals surface area contributed by atoms with Crippen molar-refractivity contribution in [2.24, 2.45) is 5.73 Å². The van der Waals surface area contributed by atoms with E-state index in [1.54, 1.807) is 24.3 Å². The molecule has 5 nitrogen and oxygen atoms in total. The molecule has 1 amide bonds. The lowest BCUT2D eigenvalue weighted by molar-refractivity contribution is 0.100. The zero-order valence-electron chi connectivity index (χ0n) is 17.1. The molecule has 1 heterocycles. The minimum atomic E-state index is -0.557. The number of nitrogens with two attached hydrogens (primary N) is 1. The van der Waals surface area contributed by atoms with Crippen molar-refractivity contribution < 1.29 is 9.90 Å². The molecule has 0 bridgehead atoms.